The third-order valence-corrected chi connectivity index (χ3v) is 3.99. The number of nitrogens with zero attached hydrogens (tertiary/aromatic N) is 1. The van der Waals surface area contributed by atoms with E-state index in [0.29, 0.717) is 17.6 Å². The molecule has 1 aromatic rings. The Bertz CT molecular complexity index is 454. The van der Waals surface area contributed by atoms with Gasteiger partial charge in [0.25, 0.3) is 0 Å². The van der Waals surface area contributed by atoms with Crippen LogP contribution < -0.4 is 10.5 Å². The normalized spacial score (nSPS) is 13.3. The summed E-state index contributed by atoms with van der Waals surface area (Å²) in [6.45, 7) is 10.5. The first-order valence-corrected chi connectivity index (χ1v) is 7.36. The molecular formula is C16H26N2OS. The Kier molecular flexibility index (Phi) is 5.96. The van der Waals surface area contributed by atoms with Crippen molar-refractivity contribution >= 4 is 17.2 Å². The molecule has 0 aliphatic carbocycles. The van der Waals surface area contributed by atoms with E-state index >= 15 is 0 Å². The van der Waals surface area contributed by atoms with Crippen LogP contribution in [0.15, 0.2) is 24.3 Å². The van der Waals surface area contributed by atoms with Gasteiger partial charge in [-0.3, -0.25) is 4.90 Å². The maximum Gasteiger partial charge on any atom is 0.129 e. The maximum atomic E-state index is 5.82. The molecule has 3 nitrogen and oxygen atoms in total. The van der Waals surface area contributed by atoms with E-state index in [2.05, 4.69) is 39.6 Å². The summed E-state index contributed by atoms with van der Waals surface area (Å²) in [4.78, 5) is 2.68. The molecule has 0 amide bonds. The molecule has 0 spiro atoms. The van der Waals surface area contributed by atoms with Crippen molar-refractivity contribution in [1.29, 1.82) is 0 Å². The van der Waals surface area contributed by atoms with E-state index < -0.39 is 0 Å². The van der Waals surface area contributed by atoms with Crippen LogP contribution in [0.25, 0.3) is 0 Å². The fourth-order valence-electron chi connectivity index (χ4n) is 1.95. The monoisotopic (exact) mass is 294 g/mol. The zero-order valence-corrected chi connectivity index (χ0v) is 14.0. The van der Waals surface area contributed by atoms with E-state index in [1.165, 1.54) is 0 Å². The van der Waals surface area contributed by atoms with Crippen LogP contribution in [0.1, 0.15) is 33.3 Å². The van der Waals surface area contributed by atoms with Crippen LogP contribution in [0.3, 0.4) is 0 Å². The number of likely N-dealkylation sites (N-methyl/N-ethyl adjacent to an activating group) is 1. The lowest BCUT2D eigenvalue weighted by atomic mass is 9.87. The minimum Gasteiger partial charge on any atom is -0.492 e. The van der Waals surface area contributed by atoms with E-state index in [4.69, 9.17) is 22.7 Å². The number of benzene rings is 1. The standard InChI is InChI=1S/C16H26N2OS/c1-12(16(2,3)4)18(5)10-11-19-14-9-7-6-8-13(14)15(17)20/h6-9,12H,10-11H2,1-5H3,(H2,17,20). The van der Waals surface area contributed by atoms with Crippen molar-refractivity contribution in [2.24, 2.45) is 11.1 Å². The van der Waals surface area contributed by atoms with Gasteiger partial charge in [0.15, 0.2) is 0 Å². The Morgan fingerprint density at radius 3 is 2.50 bits per heavy atom. The number of rotatable bonds is 6. The molecule has 4 heteroatoms. The quantitative estimate of drug-likeness (QED) is 0.818. The van der Waals surface area contributed by atoms with E-state index in [1.807, 2.05) is 24.3 Å². The molecule has 0 heterocycles. The summed E-state index contributed by atoms with van der Waals surface area (Å²) in [5, 5.41) is 0. The number of ether oxygens (including phenoxy) is 1. The van der Waals surface area contributed by atoms with Crippen molar-refractivity contribution in [3.63, 3.8) is 0 Å². The largest absolute Gasteiger partial charge is 0.492 e. The summed E-state index contributed by atoms with van der Waals surface area (Å²) in [7, 11) is 2.12. The molecule has 1 atom stereocenters. The first kappa shape index (κ1) is 16.9. The van der Waals surface area contributed by atoms with E-state index in [-0.39, 0.29) is 5.41 Å². The Balaban J connectivity index is 2.55. The SMILES string of the molecule is CC(N(C)CCOc1ccccc1C(N)=S)C(C)(C)C. The van der Waals surface area contributed by atoms with Crippen molar-refractivity contribution in [3.8, 4) is 5.75 Å². The lowest BCUT2D eigenvalue weighted by Gasteiger charge is -2.35. The summed E-state index contributed by atoms with van der Waals surface area (Å²) in [6, 6.07) is 8.12. The van der Waals surface area contributed by atoms with Gasteiger partial charge in [0, 0.05) is 12.6 Å². The van der Waals surface area contributed by atoms with Gasteiger partial charge in [-0.1, -0.05) is 45.1 Å². The number of nitrogens with two attached hydrogens (primary N) is 1. The number of thiocarbonyl (C=S) groups is 1. The lowest BCUT2D eigenvalue weighted by molar-refractivity contribution is 0.121. The molecule has 0 aliphatic rings. The Morgan fingerprint density at radius 1 is 1.35 bits per heavy atom. The van der Waals surface area contributed by atoms with Crippen molar-refractivity contribution in [1.82, 2.24) is 4.90 Å². The summed E-state index contributed by atoms with van der Waals surface area (Å²) in [5.41, 5.74) is 6.75. The van der Waals surface area contributed by atoms with Crippen LogP contribution in [0.2, 0.25) is 0 Å². The first-order chi connectivity index (χ1) is 9.23. The summed E-state index contributed by atoms with van der Waals surface area (Å²) < 4.78 is 5.82. The molecule has 112 valence electrons. The average Bonchev–Trinajstić information content (AvgIpc) is 2.37. The highest BCUT2D eigenvalue weighted by Gasteiger charge is 2.23. The molecular weight excluding hydrogens is 268 g/mol. The first-order valence-electron chi connectivity index (χ1n) is 6.95. The fourth-order valence-corrected chi connectivity index (χ4v) is 2.12. The molecule has 0 aromatic heterocycles. The van der Waals surface area contributed by atoms with Gasteiger partial charge in [0.05, 0.1) is 5.56 Å². The predicted octanol–water partition coefficient (Wildman–Crippen LogP) is 3.07. The van der Waals surface area contributed by atoms with E-state index in [1.54, 1.807) is 0 Å². The molecule has 0 fully saturated rings. The minimum absolute atomic E-state index is 0.255. The van der Waals surface area contributed by atoms with Crippen molar-refractivity contribution in [3.05, 3.63) is 29.8 Å². The van der Waals surface area contributed by atoms with Crippen molar-refractivity contribution in [2.45, 2.75) is 33.7 Å². The number of hydrogen-bond donors (Lipinski definition) is 1. The Labute approximate surface area is 128 Å². The highest BCUT2D eigenvalue weighted by Crippen LogP contribution is 2.23. The molecule has 1 rings (SSSR count). The molecule has 0 radical (unpaired) electrons. The van der Waals surface area contributed by atoms with Gasteiger partial charge in [-0.2, -0.15) is 0 Å². The van der Waals surface area contributed by atoms with E-state index in [0.717, 1.165) is 17.9 Å². The third-order valence-electron chi connectivity index (χ3n) is 3.77. The zero-order chi connectivity index (χ0) is 15.3. The molecule has 2 N–H and O–H groups in total. The smallest absolute Gasteiger partial charge is 0.129 e. The van der Waals surface area contributed by atoms with Crippen LogP contribution in [0.4, 0.5) is 0 Å². The van der Waals surface area contributed by atoms with Gasteiger partial charge in [-0.05, 0) is 31.5 Å². The molecule has 0 saturated heterocycles. The average molecular weight is 294 g/mol. The summed E-state index contributed by atoms with van der Waals surface area (Å²) >= 11 is 5.03. The Hall–Kier alpha value is -1.13. The zero-order valence-electron chi connectivity index (χ0n) is 13.1. The second kappa shape index (κ2) is 7.04. The van der Waals surface area contributed by atoms with Gasteiger partial charge in [-0.15, -0.1) is 0 Å². The Morgan fingerprint density at radius 2 is 1.95 bits per heavy atom. The van der Waals surface area contributed by atoms with Crippen LogP contribution in [0, 0.1) is 5.41 Å². The van der Waals surface area contributed by atoms with Crippen LogP contribution in [0.5, 0.6) is 5.75 Å². The summed E-state index contributed by atoms with van der Waals surface area (Å²) in [6.07, 6.45) is 0. The van der Waals surface area contributed by atoms with Gasteiger partial charge < -0.3 is 10.5 Å². The molecule has 0 aliphatic heterocycles. The molecule has 20 heavy (non-hydrogen) atoms. The molecule has 0 saturated carbocycles. The number of hydrogen-bond acceptors (Lipinski definition) is 3. The lowest BCUT2D eigenvalue weighted by Crippen LogP contribution is -2.41. The molecule has 0 bridgehead atoms. The summed E-state index contributed by atoms with van der Waals surface area (Å²) in [5.74, 6) is 0.761. The fraction of sp³-hybridized carbons (Fsp3) is 0.562. The molecule has 1 unspecified atom stereocenters. The topological polar surface area (TPSA) is 38.5 Å². The van der Waals surface area contributed by atoms with Gasteiger partial charge in [0.2, 0.25) is 0 Å². The van der Waals surface area contributed by atoms with Gasteiger partial charge in [0.1, 0.15) is 17.3 Å². The predicted molar refractivity (Wildman–Crippen MR) is 89.4 cm³/mol. The minimum atomic E-state index is 0.255. The second-order valence-corrected chi connectivity index (χ2v) is 6.67. The van der Waals surface area contributed by atoms with Crippen LogP contribution >= 0.6 is 12.2 Å². The van der Waals surface area contributed by atoms with Gasteiger partial charge in [-0.25, -0.2) is 0 Å². The van der Waals surface area contributed by atoms with Crippen LogP contribution in [-0.2, 0) is 0 Å². The van der Waals surface area contributed by atoms with Crippen molar-refractivity contribution < 1.29 is 4.74 Å². The van der Waals surface area contributed by atoms with Gasteiger partial charge >= 0.3 is 0 Å². The third kappa shape index (κ3) is 4.76. The second-order valence-electron chi connectivity index (χ2n) is 6.23. The highest BCUT2D eigenvalue weighted by atomic mass is 32.1. The highest BCUT2D eigenvalue weighted by molar-refractivity contribution is 7.80. The van der Waals surface area contributed by atoms with Crippen molar-refractivity contribution in [2.75, 3.05) is 20.2 Å². The number of para-hydroxylation sites is 1. The van der Waals surface area contributed by atoms with Crippen LogP contribution in [-0.4, -0.2) is 36.1 Å². The van der Waals surface area contributed by atoms with E-state index in [9.17, 15) is 0 Å². The maximum absolute atomic E-state index is 5.82. The molecule has 1 aromatic carbocycles.